The van der Waals surface area contributed by atoms with Crippen LogP contribution in [0.1, 0.15) is 18.9 Å². The minimum Gasteiger partial charge on any atom is -0.496 e. The lowest BCUT2D eigenvalue weighted by atomic mass is 10.2. The highest BCUT2D eigenvalue weighted by molar-refractivity contribution is 9.10. The second-order valence-corrected chi connectivity index (χ2v) is 4.63. The van der Waals surface area contributed by atoms with Gasteiger partial charge in [0.2, 0.25) is 0 Å². The normalized spacial score (nSPS) is 10.5. The van der Waals surface area contributed by atoms with Crippen molar-refractivity contribution in [3.63, 3.8) is 0 Å². The smallest absolute Gasteiger partial charge is 0.133 e. The van der Waals surface area contributed by atoms with Gasteiger partial charge in [0.1, 0.15) is 5.75 Å². The van der Waals surface area contributed by atoms with Gasteiger partial charge >= 0.3 is 0 Å². The van der Waals surface area contributed by atoms with Crippen LogP contribution in [0.3, 0.4) is 0 Å². The fourth-order valence-electron chi connectivity index (χ4n) is 1.44. The Kier molecular flexibility index (Phi) is 7.24. The second kappa shape index (κ2) is 8.50. The molecule has 17 heavy (non-hydrogen) atoms. The molecular formula is C13H20BrNO2. The molecule has 4 heteroatoms. The molecule has 96 valence electrons. The number of methoxy groups -OCH3 is 1. The maximum Gasteiger partial charge on any atom is 0.133 e. The predicted molar refractivity (Wildman–Crippen MR) is 73.5 cm³/mol. The van der Waals surface area contributed by atoms with Crippen LogP contribution in [0.2, 0.25) is 0 Å². The molecule has 0 fully saturated rings. The summed E-state index contributed by atoms with van der Waals surface area (Å²) in [6.45, 7) is 5.49. The molecule has 0 amide bonds. The molecule has 0 radical (unpaired) electrons. The third-order valence-electron chi connectivity index (χ3n) is 2.33. The first-order chi connectivity index (χ1) is 8.27. The molecule has 0 saturated carbocycles. The van der Waals surface area contributed by atoms with Crippen LogP contribution in [0, 0.1) is 0 Å². The van der Waals surface area contributed by atoms with E-state index in [4.69, 9.17) is 9.47 Å². The topological polar surface area (TPSA) is 30.5 Å². The monoisotopic (exact) mass is 301 g/mol. The number of nitrogens with one attached hydrogen (secondary N) is 1. The zero-order valence-corrected chi connectivity index (χ0v) is 12.0. The number of rotatable bonds is 8. The first-order valence-corrected chi connectivity index (χ1v) is 6.68. The minimum absolute atomic E-state index is 0.635. The maximum absolute atomic E-state index is 5.57. The molecule has 0 atom stereocenters. The summed E-state index contributed by atoms with van der Waals surface area (Å²) in [5, 5.41) is 3.30. The molecule has 0 aliphatic rings. The van der Waals surface area contributed by atoms with E-state index in [2.05, 4.69) is 28.2 Å². The maximum atomic E-state index is 5.57. The first kappa shape index (κ1) is 14.5. The van der Waals surface area contributed by atoms with Gasteiger partial charge in [-0.1, -0.05) is 13.0 Å². The van der Waals surface area contributed by atoms with Crippen molar-refractivity contribution in [1.29, 1.82) is 0 Å². The van der Waals surface area contributed by atoms with E-state index in [0.717, 1.165) is 41.9 Å². The average molecular weight is 302 g/mol. The highest BCUT2D eigenvalue weighted by atomic mass is 79.9. The van der Waals surface area contributed by atoms with Gasteiger partial charge in [-0.05, 0) is 46.6 Å². The predicted octanol–water partition coefficient (Wildman–Crippen LogP) is 2.97. The summed E-state index contributed by atoms with van der Waals surface area (Å²) in [5.74, 6) is 0.846. The van der Waals surface area contributed by atoms with Crippen molar-refractivity contribution in [2.45, 2.75) is 20.0 Å². The summed E-state index contributed by atoms with van der Waals surface area (Å²) >= 11 is 3.46. The van der Waals surface area contributed by atoms with Gasteiger partial charge in [0, 0.05) is 6.54 Å². The van der Waals surface area contributed by atoms with Crippen LogP contribution in [0.25, 0.3) is 0 Å². The average Bonchev–Trinajstić information content (AvgIpc) is 2.34. The van der Waals surface area contributed by atoms with Crippen molar-refractivity contribution in [1.82, 2.24) is 5.32 Å². The third-order valence-corrected chi connectivity index (χ3v) is 2.95. The quantitative estimate of drug-likeness (QED) is 0.749. The molecular weight excluding hydrogens is 282 g/mol. The SMILES string of the molecule is CCCNCCOCc1ccc(OC)c(Br)c1. The van der Waals surface area contributed by atoms with E-state index in [1.54, 1.807) is 7.11 Å². The molecule has 1 aromatic rings. The van der Waals surface area contributed by atoms with Crippen molar-refractivity contribution in [3.8, 4) is 5.75 Å². The van der Waals surface area contributed by atoms with Crippen LogP contribution in [0.4, 0.5) is 0 Å². The van der Waals surface area contributed by atoms with Gasteiger partial charge in [0.05, 0.1) is 24.8 Å². The zero-order chi connectivity index (χ0) is 12.5. The number of hydrogen-bond donors (Lipinski definition) is 1. The lowest BCUT2D eigenvalue weighted by molar-refractivity contribution is 0.123. The lowest BCUT2D eigenvalue weighted by Crippen LogP contribution is -2.20. The van der Waals surface area contributed by atoms with Gasteiger partial charge in [0.15, 0.2) is 0 Å². The Hall–Kier alpha value is -0.580. The Labute approximate surface area is 112 Å². The Morgan fingerprint density at radius 1 is 1.29 bits per heavy atom. The number of ether oxygens (including phenoxy) is 2. The van der Waals surface area contributed by atoms with E-state index in [9.17, 15) is 0 Å². The standard InChI is InChI=1S/C13H20BrNO2/c1-3-6-15-7-8-17-10-11-4-5-13(16-2)12(14)9-11/h4-5,9,15H,3,6-8,10H2,1-2H3. The van der Waals surface area contributed by atoms with Gasteiger partial charge < -0.3 is 14.8 Å². The molecule has 0 spiro atoms. The van der Waals surface area contributed by atoms with Crippen LogP contribution in [0.15, 0.2) is 22.7 Å². The molecule has 0 heterocycles. The van der Waals surface area contributed by atoms with Crippen molar-refractivity contribution in [2.75, 3.05) is 26.8 Å². The lowest BCUT2D eigenvalue weighted by Gasteiger charge is -2.08. The number of hydrogen-bond acceptors (Lipinski definition) is 3. The third kappa shape index (κ3) is 5.52. The van der Waals surface area contributed by atoms with E-state index in [1.165, 1.54) is 0 Å². The summed E-state index contributed by atoms with van der Waals surface area (Å²) in [7, 11) is 1.66. The van der Waals surface area contributed by atoms with Crippen LogP contribution < -0.4 is 10.1 Å². The van der Waals surface area contributed by atoms with Gasteiger partial charge in [-0.3, -0.25) is 0 Å². The molecule has 0 aliphatic carbocycles. The van der Waals surface area contributed by atoms with Crippen LogP contribution >= 0.6 is 15.9 Å². The van der Waals surface area contributed by atoms with Gasteiger partial charge in [-0.25, -0.2) is 0 Å². The summed E-state index contributed by atoms with van der Waals surface area (Å²) in [4.78, 5) is 0. The summed E-state index contributed by atoms with van der Waals surface area (Å²) in [6.07, 6.45) is 1.16. The molecule has 1 aromatic carbocycles. The number of benzene rings is 1. The van der Waals surface area contributed by atoms with E-state index >= 15 is 0 Å². The van der Waals surface area contributed by atoms with Gasteiger partial charge in [-0.15, -0.1) is 0 Å². The van der Waals surface area contributed by atoms with E-state index in [0.29, 0.717) is 6.61 Å². The minimum atomic E-state index is 0.635. The van der Waals surface area contributed by atoms with Crippen LogP contribution in [0.5, 0.6) is 5.75 Å². The van der Waals surface area contributed by atoms with Crippen LogP contribution in [-0.2, 0) is 11.3 Å². The van der Waals surface area contributed by atoms with Crippen LogP contribution in [-0.4, -0.2) is 26.8 Å². The van der Waals surface area contributed by atoms with E-state index in [-0.39, 0.29) is 0 Å². The Morgan fingerprint density at radius 2 is 2.12 bits per heavy atom. The Balaban J connectivity index is 2.25. The van der Waals surface area contributed by atoms with E-state index < -0.39 is 0 Å². The molecule has 3 nitrogen and oxygen atoms in total. The highest BCUT2D eigenvalue weighted by Gasteiger charge is 2.01. The zero-order valence-electron chi connectivity index (χ0n) is 10.5. The summed E-state index contributed by atoms with van der Waals surface area (Å²) < 4.78 is 11.7. The van der Waals surface area contributed by atoms with Crippen molar-refractivity contribution >= 4 is 15.9 Å². The Morgan fingerprint density at radius 3 is 2.76 bits per heavy atom. The second-order valence-electron chi connectivity index (χ2n) is 3.77. The first-order valence-electron chi connectivity index (χ1n) is 5.88. The molecule has 0 saturated heterocycles. The van der Waals surface area contributed by atoms with Crippen molar-refractivity contribution in [2.24, 2.45) is 0 Å². The summed E-state index contributed by atoms with van der Waals surface area (Å²) in [6, 6.07) is 5.99. The van der Waals surface area contributed by atoms with Gasteiger partial charge in [-0.2, -0.15) is 0 Å². The Bertz CT molecular complexity index is 331. The molecule has 1 rings (SSSR count). The van der Waals surface area contributed by atoms with E-state index in [1.807, 2.05) is 18.2 Å². The van der Waals surface area contributed by atoms with Gasteiger partial charge in [0.25, 0.3) is 0 Å². The number of halogens is 1. The molecule has 0 aromatic heterocycles. The van der Waals surface area contributed by atoms with Crippen molar-refractivity contribution < 1.29 is 9.47 Å². The fourth-order valence-corrected chi connectivity index (χ4v) is 2.02. The van der Waals surface area contributed by atoms with Crippen molar-refractivity contribution in [3.05, 3.63) is 28.2 Å². The summed E-state index contributed by atoms with van der Waals surface area (Å²) in [5.41, 5.74) is 1.15. The molecule has 0 bridgehead atoms. The molecule has 0 aliphatic heterocycles. The molecule has 0 unspecified atom stereocenters. The molecule has 1 N–H and O–H groups in total. The fraction of sp³-hybridized carbons (Fsp3) is 0.538. The highest BCUT2D eigenvalue weighted by Crippen LogP contribution is 2.25. The largest absolute Gasteiger partial charge is 0.496 e.